The molecule has 0 amide bonds. The Balaban J connectivity index is 2.14. The third kappa shape index (κ3) is 3.80. The summed E-state index contributed by atoms with van der Waals surface area (Å²) in [7, 11) is 0. The van der Waals surface area contributed by atoms with Gasteiger partial charge in [-0.3, -0.25) is 0 Å². The molecule has 0 N–H and O–H groups in total. The van der Waals surface area contributed by atoms with Crippen molar-refractivity contribution in [3.63, 3.8) is 0 Å². The van der Waals surface area contributed by atoms with E-state index in [4.69, 9.17) is 9.78 Å². The second kappa shape index (κ2) is 5.41. The number of rotatable bonds is 3. The van der Waals surface area contributed by atoms with E-state index in [1.54, 1.807) is 30.1 Å². The first-order valence-electron chi connectivity index (χ1n) is 5.81. The Kier molecular flexibility index (Phi) is 3.86. The summed E-state index contributed by atoms with van der Waals surface area (Å²) < 4.78 is 5.36. The van der Waals surface area contributed by atoms with Gasteiger partial charge in [-0.1, -0.05) is 25.9 Å². The Bertz CT molecular complexity index is 610. The van der Waals surface area contributed by atoms with Crippen LogP contribution in [0, 0.1) is 11.3 Å². The first-order valence-corrected chi connectivity index (χ1v) is 6.79. The van der Waals surface area contributed by atoms with Crippen LogP contribution in [0.25, 0.3) is 11.5 Å². The summed E-state index contributed by atoms with van der Waals surface area (Å²) in [5, 5.41) is 12.7. The van der Waals surface area contributed by atoms with Gasteiger partial charge < -0.3 is 4.52 Å². The Labute approximate surface area is 116 Å². The fourth-order valence-corrected chi connectivity index (χ4v) is 2.01. The van der Waals surface area contributed by atoms with Crippen LogP contribution in [0.15, 0.2) is 22.9 Å². The number of nitrogens with zero attached hydrogens (tertiary/aromatic N) is 4. The molecule has 2 rings (SSSR count). The van der Waals surface area contributed by atoms with Gasteiger partial charge in [-0.15, -0.1) is 11.8 Å². The highest BCUT2D eigenvalue weighted by atomic mass is 32.2. The first kappa shape index (κ1) is 13.6. The lowest BCUT2D eigenvalue weighted by molar-refractivity contribution is 0.425. The fourth-order valence-electron chi connectivity index (χ4n) is 1.34. The van der Waals surface area contributed by atoms with E-state index >= 15 is 0 Å². The van der Waals surface area contributed by atoms with Crippen molar-refractivity contribution in [3.05, 3.63) is 29.8 Å². The zero-order valence-corrected chi connectivity index (χ0v) is 11.9. The zero-order valence-electron chi connectivity index (χ0n) is 11.0. The molecule has 0 aromatic carbocycles. The SMILES string of the molecule is CC(C)(C)SCc1noc(-c2ccnc(C#N)c2)n1. The van der Waals surface area contributed by atoms with Crippen molar-refractivity contribution < 1.29 is 4.52 Å². The number of aromatic nitrogens is 3. The molecule has 0 radical (unpaired) electrons. The summed E-state index contributed by atoms with van der Waals surface area (Å²) in [4.78, 5) is 8.23. The fraction of sp³-hybridized carbons (Fsp3) is 0.385. The van der Waals surface area contributed by atoms with Gasteiger partial charge in [0.1, 0.15) is 11.8 Å². The lowest BCUT2D eigenvalue weighted by atomic mass is 10.2. The van der Waals surface area contributed by atoms with Gasteiger partial charge in [0.2, 0.25) is 0 Å². The maximum Gasteiger partial charge on any atom is 0.258 e. The van der Waals surface area contributed by atoms with Gasteiger partial charge in [0.15, 0.2) is 5.82 Å². The van der Waals surface area contributed by atoms with Crippen LogP contribution >= 0.6 is 11.8 Å². The van der Waals surface area contributed by atoms with Crippen LogP contribution in [0.2, 0.25) is 0 Å². The molecule has 98 valence electrons. The molecule has 0 aliphatic heterocycles. The van der Waals surface area contributed by atoms with Crippen LogP contribution in [0.4, 0.5) is 0 Å². The maximum absolute atomic E-state index is 8.81. The Morgan fingerprint density at radius 3 is 2.89 bits per heavy atom. The van der Waals surface area contributed by atoms with Crippen molar-refractivity contribution >= 4 is 11.8 Å². The Morgan fingerprint density at radius 2 is 2.21 bits per heavy atom. The van der Waals surface area contributed by atoms with E-state index in [1.807, 2.05) is 6.07 Å². The van der Waals surface area contributed by atoms with Gasteiger partial charge in [-0.2, -0.15) is 10.2 Å². The molecule has 0 saturated carbocycles. The quantitative estimate of drug-likeness (QED) is 0.856. The maximum atomic E-state index is 8.81. The van der Waals surface area contributed by atoms with E-state index in [2.05, 4.69) is 35.9 Å². The average molecular weight is 274 g/mol. The Morgan fingerprint density at radius 1 is 1.42 bits per heavy atom. The standard InChI is InChI=1S/C13H14N4OS/c1-13(2,3)19-8-11-16-12(18-17-11)9-4-5-15-10(6-9)7-14/h4-6H,8H2,1-3H3. The summed E-state index contributed by atoms with van der Waals surface area (Å²) in [5.41, 5.74) is 1.05. The number of thioether (sulfide) groups is 1. The predicted octanol–water partition coefficient (Wildman–Crippen LogP) is 3.03. The molecule has 0 atom stereocenters. The summed E-state index contributed by atoms with van der Waals surface area (Å²) >= 11 is 1.75. The molecule has 2 aromatic rings. The molecule has 5 nitrogen and oxygen atoms in total. The highest BCUT2D eigenvalue weighted by Gasteiger charge is 2.14. The van der Waals surface area contributed by atoms with Crippen LogP contribution in [0.3, 0.4) is 0 Å². The van der Waals surface area contributed by atoms with E-state index in [1.165, 1.54) is 0 Å². The van der Waals surface area contributed by atoms with Gasteiger partial charge in [0.05, 0.1) is 5.75 Å². The molecule has 0 bridgehead atoms. The normalized spacial score (nSPS) is 11.3. The minimum atomic E-state index is 0.158. The van der Waals surface area contributed by atoms with Crippen molar-refractivity contribution in [3.8, 4) is 17.5 Å². The van der Waals surface area contributed by atoms with E-state index in [0.717, 1.165) is 0 Å². The molecule has 2 aromatic heterocycles. The molecule has 0 spiro atoms. The predicted molar refractivity (Wildman–Crippen MR) is 73.3 cm³/mol. The van der Waals surface area contributed by atoms with Gasteiger partial charge >= 0.3 is 0 Å². The molecular weight excluding hydrogens is 260 g/mol. The Hall–Kier alpha value is -1.87. The van der Waals surface area contributed by atoms with Crippen molar-refractivity contribution in [2.75, 3.05) is 0 Å². The van der Waals surface area contributed by atoms with E-state index in [9.17, 15) is 0 Å². The van der Waals surface area contributed by atoms with Crippen molar-refractivity contribution in [1.82, 2.24) is 15.1 Å². The van der Waals surface area contributed by atoms with E-state index < -0.39 is 0 Å². The largest absolute Gasteiger partial charge is 0.334 e. The third-order valence-corrected chi connectivity index (χ3v) is 3.49. The monoisotopic (exact) mass is 274 g/mol. The molecule has 6 heteroatoms. The van der Waals surface area contributed by atoms with Crippen molar-refractivity contribution in [1.29, 1.82) is 5.26 Å². The molecule has 2 heterocycles. The lowest BCUT2D eigenvalue weighted by Gasteiger charge is -2.15. The summed E-state index contributed by atoms with van der Waals surface area (Å²) in [6.45, 7) is 6.42. The number of hydrogen-bond donors (Lipinski definition) is 0. The number of pyridine rings is 1. The minimum Gasteiger partial charge on any atom is -0.334 e. The highest BCUT2D eigenvalue weighted by Crippen LogP contribution is 2.27. The highest BCUT2D eigenvalue weighted by molar-refractivity contribution is 7.99. The molecule has 0 fully saturated rings. The van der Waals surface area contributed by atoms with E-state index in [0.29, 0.717) is 28.7 Å². The van der Waals surface area contributed by atoms with Crippen LogP contribution in [-0.4, -0.2) is 19.9 Å². The molecule has 19 heavy (non-hydrogen) atoms. The lowest BCUT2D eigenvalue weighted by Crippen LogP contribution is -2.07. The van der Waals surface area contributed by atoms with Crippen LogP contribution in [0.5, 0.6) is 0 Å². The van der Waals surface area contributed by atoms with E-state index in [-0.39, 0.29) is 4.75 Å². The first-order chi connectivity index (χ1) is 8.98. The molecule has 0 aliphatic carbocycles. The second-order valence-electron chi connectivity index (χ2n) is 4.96. The second-order valence-corrected chi connectivity index (χ2v) is 6.76. The topological polar surface area (TPSA) is 75.6 Å². The smallest absolute Gasteiger partial charge is 0.258 e. The summed E-state index contributed by atoms with van der Waals surface area (Å²) in [6.07, 6.45) is 1.56. The molecule has 0 saturated heterocycles. The van der Waals surface area contributed by atoms with Crippen LogP contribution in [0.1, 0.15) is 32.3 Å². The van der Waals surface area contributed by atoms with Crippen molar-refractivity contribution in [2.45, 2.75) is 31.3 Å². The average Bonchev–Trinajstić information content (AvgIpc) is 2.84. The molecule has 0 unspecified atom stereocenters. The molecular formula is C13H14N4OS. The summed E-state index contributed by atoms with van der Waals surface area (Å²) in [6, 6.07) is 5.36. The minimum absolute atomic E-state index is 0.158. The van der Waals surface area contributed by atoms with Crippen molar-refractivity contribution in [2.24, 2.45) is 0 Å². The van der Waals surface area contributed by atoms with Gasteiger partial charge in [-0.05, 0) is 12.1 Å². The van der Waals surface area contributed by atoms with Gasteiger partial charge in [0, 0.05) is 16.5 Å². The zero-order chi connectivity index (χ0) is 13.9. The van der Waals surface area contributed by atoms with Crippen LogP contribution in [-0.2, 0) is 5.75 Å². The number of nitriles is 1. The molecule has 0 aliphatic rings. The van der Waals surface area contributed by atoms with Crippen LogP contribution < -0.4 is 0 Å². The van der Waals surface area contributed by atoms with Gasteiger partial charge in [-0.25, -0.2) is 4.98 Å². The number of hydrogen-bond acceptors (Lipinski definition) is 6. The third-order valence-electron chi connectivity index (χ3n) is 2.22. The van der Waals surface area contributed by atoms with Gasteiger partial charge in [0.25, 0.3) is 5.89 Å². The summed E-state index contributed by atoms with van der Waals surface area (Å²) in [5.74, 6) is 1.78.